The monoisotopic (exact) mass is 978 g/mol. The Morgan fingerprint density at radius 3 is 1.60 bits per heavy atom. The molecule has 6 aromatic rings. The minimum Gasteiger partial charge on any atom is -0.369 e. The van der Waals surface area contributed by atoms with Gasteiger partial charge in [0.2, 0.25) is 11.9 Å². The van der Waals surface area contributed by atoms with Crippen molar-refractivity contribution in [1.29, 1.82) is 0 Å². The first-order valence-corrected chi connectivity index (χ1v) is 23.8. The average molecular weight is 980 g/mol. The molecule has 0 aliphatic carbocycles. The molecule has 0 amide bonds. The van der Waals surface area contributed by atoms with Gasteiger partial charge in [-0.25, -0.2) is 9.97 Å². The van der Waals surface area contributed by atoms with Crippen LogP contribution in [0, 0.1) is 0 Å². The van der Waals surface area contributed by atoms with Crippen LogP contribution in [0.3, 0.4) is 0 Å². The van der Waals surface area contributed by atoms with Gasteiger partial charge in [-0.3, -0.25) is 47.3 Å². The maximum atomic E-state index is 13.2. The Labute approximate surface area is 380 Å². The zero-order chi connectivity index (χ0) is 47.0. The van der Waals surface area contributed by atoms with Crippen LogP contribution in [0.4, 0.5) is 11.9 Å². The first kappa shape index (κ1) is 50.6. The number of nitrogens with two attached hydrogens (primary N) is 2. The van der Waals surface area contributed by atoms with Crippen molar-refractivity contribution in [2.24, 2.45) is 0 Å². The van der Waals surface area contributed by atoms with Crippen LogP contribution in [0.1, 0.15) is 30.9 Å². The van der Waals surface area contributed by atoms with Gasteiger partial charge < -0.3 is 39.1 Å². The maximum absolute atomic E-state index is 13.2. The van der Waals surface area contributed by atoms with E-state index in [-0.39, 0.29) is 99.8 Å². The first-order valence-electron chi connectivity index (χ1n) is 19.6. The molecular formula is C39H46Cl2N10O12P2. The van der Waals surface area contributed by atoms with E-state index in [4.69, 9.17) is 62.2 Å². The van der Waals surface area contributed by atoms with Crippen LogP contribution in [-0.4, -0.2) is 89.7 Å². The maximum Gasteiger partial charge on any atom is 0.356 e. The molecule has 0 radical (unpaired) electrons. The molecule has 0 fully saturated rings. The lowest BCUT2D eigenvalue weighted by Crippen LogP contribution is -2.14. The Kier molecular flexibility index (Phi) is 18.9. The number of benzene rings is 2. The smallest absolute Gasteiger partial charge is 0.356 e. The van der Waals surface area contributed by atoms with Crippen molar-refractivity contribution in [3.8, 4) is 0 Å². The number of aromatic amines is 2. The number of hydrogen-bond donors (Lipinski definition) is 4. The number of aromatic nitrogens is 8. The summed E-state index contributed by atoms with van der Waals surface area (Å²) < 4.78 is 62.1. The molecule has 2 unspecified atom stereocenters. The van der Waals surface area contributed by atoms with Crippen molar-refractivity contribution in [1.82, 2.24) is 39.0 Å². The van der Waals surface area contributed by atoms with Gasteiger partial charge in [-0.2, -0.15) is 9.97 Å². The number of carbonyl (C=O) groups is 2. The number of hydrogen-bond acceptors (Lipinski definition) is 18. The predicted octanol–water partition coefficient (Wildman–Crippen LogP) is 5.64. The minimum atomic E-state index is -3.78. The second-order valence-corrected chi connectivity index (χ2v) is 18.6. The van der Waals surface area contributed by atoms with E-state index in [9.17, 15) is 28.3 Å². The number of halogens is 2. The number of nitrogens with zero attached hydrogens (tertiary/aromatic N) is 6. The Morgan fingerprint density at radius 1 is 0.738 bits per heavy atom. The van der Waals surface area contributed by atoms with Crippen LogP contribution in [0.15, 0.2) is 83.4 Å². The molecule has 65 heavy (non-hydrogen) atoms. The van der Waals surface area contributed by atoms with Crippen LogP contribution in [0.2, 0.25) is 10.0 Å². The number of rotatable bonds is 25. The third-order valence-electron chi connectivity index (χ3n) is 8.68. The molecule has 2 aromatic carbocycles. The van der Waals surface area contributed by atoms with E-state index in [0.29, 0.717) is 32.5 Å². The number of nitrogens with one attached hydrogen (secondary N) is 2. The van der Waals surface area contributed by atoms with E-state index < -0.39 is 39.3 Å². The second kappa shape index (κ2) is 24.2. The van der Waals surface area contributed by atoms with Crippen LogP contribution in [0.25, 0.3) is 22.3 Å². The number of imidazole rings is 2. The lowest BCUT2D eigenvalue weighted by Gasteiger charge is -2.18. The number of carbonyl (C=O) groups excluding carboxylic acids is 2. The number of ether oxygens (including phenoxy) is 2. The molecular weight excluding hydrogens is 933 g/mol. The molecule has 0 aliphatic heterocycles. The van der Waals surface area contributed by atoms with Gasteiger partial charge >= 0.3 is 15.2 Å². The highest BCUT2D eigenvalue weighted by Crippen LogP contribution is 2.50. The Bertz CT molecular complexity index is 2820. The minimum absolute atomic E-state index is 0.0281. The zero-order valence-electron chi connectivity index (χ0n) is 34.9. The van der Waals surface area contributed by atoms with Gasteiger partial charge in [0.25, 0.3) is 11.1 Å². The van der Waals surface area contributed by atoms with Gasteiger partial charge in [-0.05, 0) is 35.4 Å². The molecule has 348 valence electrons. The molecule has 0 aliphatic rings. The van der Waals surface area contributed by atoms with E-state index >= 15 is 0 Å². The van der Waals surface area contributed by atoms with Crippen molar-refractivity contribution in [2.45, 2.75) is 46.1 Å². The highest BCUT2D eigenvalue weighted by atomic mass is 35.5. The molecule has 22 nitrogen and oxygen atoms in total. The quantitative estimate of drug-likeness (QED) is 0.0307. The van der Waals surface area contributed by atoms with Gasteiger partial charge in [0, 0.05) is 36.0 Å². The molecule has 6 rings (SSSR count). The largest absolute Gasteiger partial charge is 0.369 e. The molecule has 0 saturated carbocycles. The van der Waals surface area contributed by atoms with Crippen LogP contribution < -0.4 is 22.6 Å². The van der Waals surface area contributed by atoms with Crippen LogP contribution in [0.5, 0.6) is 0 Å². The van der Waals surface area contributed by atoms with Crippen LogP contribution in [-0.2, 0) is 72.6 Å². The summed E-state index contributed by atoms with van der Waals surface area (Å²) in [6.45, 7) is 5.03. The van der Waals surface area contributed by atoms with E-state index in [1.54, 1.807) is 64.6 Å². The summed E-state index contributed by atoms with van der Waals surface area (Å²) in [4.78, 5) is 68.0. The number of anilines is 2. The van der Waals surface area contributed by atoms with Gasteiger partial charge in [-0.1, -0.05) is 60.5 Å². The predicted molar refractivity (Wildman–Crippen MR) is 241 cm³/mol. The summed E-state index contributed by atoms with van der Waals surface area (Å²) in [5.74, 6) is -0.574. The normalized spacial score (nSPS) is 13.2. The standard InChI is InChI=1S/C20H23ClN5O6P.C19H23ClN5O6P/c1-2-4-16(27)11-32-33(29,31-10-14-5-3-6-15(21)9-14)13-30-8-7-26-12-23-17-18(26)24-20(22)25-19(17)28;1-2-15(26)10-31-32(28,30-9-13-4-3-5-14(20)8-13)12-29-7-6-25-11-22-16-17(25)23-19(21)24-18(16)27/h2-3,5-6,9,12H,1,4,7-8,10-11,13H2,(H3,22,24,25,28);3-5,8,11H,2,6-7,9-10,12H2,1H3,(H3,21,23,24,27). The number of fused-ring (bicyclic) bond motifs is 2. The van der Waals surface area contributed by atoms with E-state index in [1.165, 1.54) is 18.7 Å². The van der Waals surface area contributed by atoms with Gasteiger partial charge in [0.05, 0.1) is 39.1 Å². The third-order valence-corrected chi connectivity index (χ3v) is 12.2. The molecule has 0 bridgehead atoms. The number of allylic oxidation sites excluding steroid dienone is 1. The first-order chi connectivity index (χ1) is 31.1. The Balaban J connectivity index is 0.000000244. The molecule has 4 aromatic heterocycles. The summed E-state index contributed by atoms with van der Waals surface area (Å²) in [5.41, 5.74) is 12.5. The van der Waals surface area contributed by atoms with E-state index in [1.807, 2.05) is 0 Å². The number of ketones is 2. The summed E-state index contributed by atoms with van der Waals surface area (Å²) in [5, 5.41) is 1.02. The van der Waals surface area contributed by atoms with Gasteiger partial charge in [0.1, 0.15) is 25.9 Å². The Morgan fingerprint density at radius 2 is 1.18 bits per heavy atom. The fourth-order valence-corrected chi connectivity index (χ4v) is 8.38. The van der Waals surface area contributed by atoms with Crippen molar-refractivity contribution >= 4 is 84.2 Å². The van der Waals surface area contributed by atoms with Crippen molar-refractivity contribution in [3.63, 3.8) is 0 Å². The van der Waals surface area contributed by atoms with Crippen molar-refractivity contribution < 1.29 is 46.3 Å². The fourth-order valence-electron chi connectivity index (χ4n) is 5.43. The topological polar surface area (TPSA) is 303 Å². The second-order valence-electron chi connectivity index (χ2n) is 13.7. The summed E-state index contributed by atoms with van der Waals surface area (Å²) in [6.07, 6.45) is 3.86. The summed E-state index contributed by atoms with van der Waals surface area (Å²) in [6, 6.07) is 13.7. The van der Waals surface area contributed by atoms with Crippen molar-refractivity contribution in [2.75, 3.05) is 50.6 Å². The fraction of sp³-hybridized carbons (Fsp3) is 0.333. The molecule has 2 atom stereocenters. The van der Waals surface area contributed by atoms with Gasteiger partial charge in [0.15, 0.2) is 33.9 Å². The SMILES string of the molecule is C=CCC(=O)COP(=O)(COCCn1cnc2c(=O)[nH]c(N)nc21)OCc1cccc(Cl)c1.CCC(=O)COP(=O)(COCCn1cnc2c(=O)[nH]c(N)nc21)OCc1cccc(Cl)c1. The number of Topliss-reactive ketones (excluding diaryl/α,β-unsaturated/α-hetero) is 2. The molecule has 6 N–H and O–H groups in total. The third kappa shape index (κ3) is 15.6. The lowest BCUT2D eigenvalue weighted by molar-refractivity contribution is -0.121. The Hall–Kier alpha value is -5.38. The van der Waals surface area contributed by atoms with Crippen LogP contribution >= 0.6 is 38.4 Å². The van der Waals surface area contributed by atoms with E-state index in [0.717, 1.165) is 0 Å². The van der Waals surface area contributed by atoms with E-state index in [2.05, 4.69) is 36.5 Å². The molecule has 0 spiro atoms. The number of H-pyrrole nitrogens is 2. The molecule has 26 heteroatoms. The average Bonchev–Trinajstić information content (AvgIpc) is 3.88. The molecule has 0 saturated heterocycles. The highest BCUT2D eigenvalue weighted by molar-refractivity contribution is 7.53. The number of nitrogen functional groups attached to an aromatic ring is 2. The lowest BCUT2D eigenvalue weighted by atomic mass is 10.2. The zero-order valence-corrected chi connectivity index (χ0v) is 38.2. The summed E-state index contributed by atoms with van der Waals surface area (Å²) in [7, 11) is -7.52. The van der Waals surface area contributed by atoms with Crippen molar-refractivity contribution in [3.05, 3.63) is 116 Å². The summed E-state index contributed by atoms with van der Waals surface area (Å²) >= 11 is 11.9. The van der Waals surface area contributed by atoms with Gasteiger partial charge in [-0.15, -0.1) is 6.58 Å². The molecule has 4 heterocycles. The highest BCUT2D eigenvalue weighted by Gasteiger charge is 2.28.